The molecule has 0 saturated heterocycles. The molecule has 1 atom stereocenters. The number of aryl methyl sites for hydroxylation is 1. The van der Waals surface area contributed by atoms with Crippen LogP contribution in [0.3, 0.4) is 0 Å². The van der Waals surface area contributed by atoms with Gasteiger partial charge in [0.2, 0.25) is 0 Å². The van der Waals surface area contributed by atoms with E-state index >= 15 is 0 Å². The standard InChI is InChI=1S/C14H24N2O/c1-6-14(4,5)16-10-11(2)17-13-8-7-9-15-12(13)3/h7-9,11,16H,6,10H2,1-5H3. The largest absolute Gasteiger partial charge is 0.487 e. The van der Waals surface area contributed by atoms with E-state index in [2.05, 4.69) is 38.0 Å². The molecule has 0 amide bonds. The lowest BCUT2D eigenvalue weighted by molar-refractivity contribution is 0.197. The van der Waals surface area contributed by atoms with E-state index in [1.807, 2.05) is 19.1 Å². The first kappa shape index (κ1) is 14.0. The SMILES string of the molecule is CCC(C)(C)NCC(C)Oc1cccnc1C. The molecule has 0 aliphatic carbocycles. The van der Waals surface area contributed by atoms with Crippen LogP contribution in [0.25, 0.3) is 0 Å². The van der Waals surface area contributed by atoms with Gasteiger partial charge in [0.05, 0.1) is 5.69 Å². The first-order chi connectivity index (χ1) is 7.94. The molecular formula is C14H24N2O. The van der Waals surface area contributed by atoms with Gasteiger partial charge in [-0.3, -0.25) is 4.98 Å². The van der Waals surface area contributed by atoms with Gasteiger partial charge < -0.3 is 10.1 Å². The molecule has 0 aromatic carbocycles. The van der Waals surface area contributed by atoms with E-state index in [0.29, 0.717) is 0 Å². The fourth-order valence-electron chi connectivity index (χ4n) is 1.40. The van der Waals surface area contributed by atoms with Crippen molar-refractivity contribution >= 4 is 0 Å². The lowest BCUT2D eigenvalue weighted by atomic mass is 10.0. The van der Waals surface area contributed by atoms with Gasteiger partial charge in [-0.1, -0.05) is 6.92 Å². The van der Waals surface area contributed by atoms with Crippen molar-refractivity contribution in [2.45, 2.75) is 52.7 Å². The Morgan fingerprint density at radius 3 is 2.76 bits per heavy atom. The summed E-state index contributed by atoms with van der Waals surface area (Å²) in [5.74, 6) is 0.871. The monoisotopic (exact) mass is 236 g/mol. The van der Waals surface area contributed by atoms with E-state index in [4.69, 9.17) is 4.74 Å². The minimum absolute atomic E-state index is 0.142. The summed E-state index contributed by atoms with van der Waals surface area (Å²) < 4.78 is 5.86. The third-order valence-electron chi connectivity index (χ3n) is 3.04. The number of pyridine rings is 1. The van der Waals surface area contributed by atoms with Crippen LogP contribution >= 0.6 is 0 Å². The Morgan fingerprint density at radius 1 is 1.47 bits per heavy atom. The lowest BCUT2D eigenvalue weighted by Gasteiger charge is -2.27. The number of nitrogens with one attached hydrogen (secondary N) is 1. The molecule has 17 heavy (non-hydrogen) atoms. The van der Waals surface area contributed by atoms with Crippen molar-refractivity contribution in [1.29, 1.82) is 0 Å². The molecule has 1 aromatic rings. The van der Waals surface area contributed by atoms with Crippen LogP contribution in [0.2, 0.25) is 0 Å². The highest BCUT2D eigenvalue weighted by Gasteiger charge is 2.15. The smallest absolute Gasteiger partial charge is 0.140 e. The van der Waals surface area contributed by atoms with Gasteiger partial charge in [0.1, 0.15) is 11.9 Å². The minimum Gasteiger partial charge on any atom is -0.487 e. The van der Waals surface area contributed by atoms with E-state index in [1.54, 1.807) is 6.20 Å². The summed E-state index contributed by atoms with van der Waals surface area (Å²) in [7, 11) is 0. The van der Waals surface area contributed by atoms with E-state index in [0.717, 1.165) is 24.4 Å². The molecule has 1 aromatic heterocycles. The highest BCUT2D eigenvalue weighted by Crippen LogP contribution is 2.15. The molecule has 0 saturated carbocycles. The van der Waals surface area contributed by atoms with E-state index in [9.17, 15) is 0 Å². The first-order valence-electron chi connectivity index (χ1n) is 6.28. The fraction of sp³-hybridized carbons (Fsp3) is 0.643. The second kappa shape index (κ2) is 6.01. The molecule has 0 aliphatic heterocycles. The Labute approximate surface area is 105 Å². The maximum atomic E-state index is 5.86. The molecule has 1 N–H and O–H groups in total. The van der Waals surface area contributed by atoms with Crippen molar-refractivity contribution in [2.24, 2.45) is 0 Å². The number of nitrogens with zero attached hydrogens (tertiary/aromatic N) is 1. The van der Waals surface area contributed by atoms with E-state index in [-0.39, 0.29) is 11.6 Å². The number of hydrogen-bond donors (Lipinski definition) is 1. The molecule has 1 unspecified atom stereocenters. The summed E-state index contributed by atoms with van der Waals surface area (Å²) in [5.41, 5.74) is 1.11. The first-order valence-corrected chi connectivity index (χ1v) is 6.28. The average molecular weight is 236 g/mol. The van der Waals surface area contributed by atoms with Crippen molar-refractivity contribution in [1.82, 2.24) is 10.3 Å². The van der Waals surface area contributed by atoms with Crippen LogP contribution in [-0.4, -0.2) is 23.2 Å². The van der Waals surface area contributed by atoms with Gasteiger partial charge >= 0.3 is 0 Å². The highest BCUT2D eigenvalue weighted by molar-refractivity contribution is 5.25. The number of ether oxygens (including phenoxy) is 1. The van der Waals surface area contributed by atoms with Crippen LogP contribution in [0.4, 0.5) is 0 Å². The van der Waals surface area contributed by atoms with Gasteiger partial charge in [0.25, 0.3) is 0 Å². The van der Waals surface area contributed by atoms with Gasteiger partial charge in [-0.05, 0) is 46.2 Å². The summed E-state index contributed by atoms with van der Waals surface area (Å²) in [6, 6.07) is 3.86. The van der Waals surface area contributed by atoms with Crippen molar-refractivity contribution in [3.05, 3.63) is 24.0 Å². The zero-order valence-electron chi connectivity index (χ0n) is 11.6. The summed E-state index contributed by atoms with van der Waals surface area (Å²) in [6.45, 7) is 11.5. The van der Waals surface area contributed by atoms with Gasteiger partial charge in [-0.2, -0.15) is 0 Å². The molecule has 96 valence electrons. The second-order valence-electron chi connectivity index (χ2n) is 5.13. The molecule has 1 rings (SSSR count). The third-order valence-corrected chi connectivity index (χ3v) is 3.04. The van der Waals surface area contributed by atoms with Gasteiger partial charge in [-0.25, -0.2) is 0 Å². The quantitative estimate of drug-likeness (QED) is 0.824. The molecule has 0 aliphatic rings. The summed E-state index contributed by atoms with van der Waals surface area (Å²) in [6.07, 6.45) is 3.03. The molecular weight excluding hydrogens is 212 g/mol. The Balaban J connectivity index is 2.45. The van der Waals surface area contributed by atoms with Crippen LogP contribution in [0.5, 0.6) is 5.75 Å². The normalized spacial score (nSPS) is 13.5. The summed E-state index contributed by atoms with van der Waals surface area (Å²) >= 11 is 0. The zero-order valence-corrected chi connectivity index (χ0v) is 11.6. The van der Waals surface area contributed by atoms with Crippen molar-refractivity contribution in [3.63, 3.8) is 0 Å². The number of aromatic nitrogens is 1. The number of rotatable bonds is 6. The predicted molar refractivity (Wildman–Crippen MR) is 71.4 cm³/mol. The Hall–Kier alpha value is -1.09. The van der Waals surface area contributed by atoms with Crippen LogP contribution in [-0.2, 0) is 0 Å². The Kier molecular flexibility index (Phi) is 4.94. The average Bonchev–Trinajstić information content (AvgIpc) is 2.30. The van der Waals surface area contributed by atoms with Crippen LogP contribution in [0.15, 0.2) is 18.3 Å². The Morgan fingerprint density at radius 2 is 2.18 bits per heavy atom. The summed E-state index contributed by atoms with van der Waals surface area (Å²) in [5, 5.41) is 3.50. The summed E-state index contributed by atoms with van der Waals surface area (Å²) in [4.78, 5) is 4.21. The van der Waals surface area contributed by atoms with Crippen LogP contribution < -0.4 is 10.1 Å². The molecule has 0 spiro atoms. The molecule has 0 fully saturated rings. The zero-order chi connectivity index (χ0) is 12.9. The van der Waals surface area contributed by atoms with Gasteiger partial charge in [0.15, 0.2) is 0 Å². The fourth-order valence-corrected chi connectivity index (χ4v) is 1.40. The van der Waals surface area contributed by atoms with E-state index in [1.165, 1.54) is 0 Å². The van der Waals surface area contributed by atoms with Gasteiger partial charge in [-0.15, -0.1) is 0 Å². The maximum Gasteiger partial charge on any atom is 0.140 e. The molecule has 0 radical (unpaired) electrons. The highest BCUT2D eigenvalue weighted by atomic mass is 16.5. The van der Waals surface area contributed by atoms with Crippen LogP contribution in [0, 0.1) is 6.92 Å². The van der Waals surface area contributed by atoms with E-state index < -0.39 is 0 Å². The van der Waals surface area contributed by atoms with Crippen molar-refractivity contribution < 1.29 is 4.74 Å². The third kappa shape index (κ3) is 4.73. The van der Waals surface area contributed by atoms with Crippen molar-refractivity contribution in [3.8, 4) is 5.75 Å². The minimum atomic E-state index is 0.142. The molecule has 3 heteroatoms. The second-order valence-corrected chi connectivity index (χ2v) is 5.13. The number of hydrogen-bond acceptors (Lipinski definition) is 3. The maximum absolute atomic E-state index is 5.86. The molecule has 1 heterocycles. The van der Waals surface area contributed by atoms with Crippen molar-refractivity contribution in [2.75, 3.05) is 6.54 Å². The Bertz CT molecular complexity index is 350. The topological polar surface area (TPSA) is 34.1 Å². The van der Waals surface area contributed by atoms with Crippen LogP contribution in [0.1, 0.15) is 39.8 Å². The predicted octanol–water partition coefficient (Wildman–Crippen LogP) is 2.94. The lowest BCUT2D eigenvalue weighted by Crippen LogP contribution is -2.43. The van der Waals surface area contributed by atoms with Gasteiger partial charge in [0, 0.05) is 18.3 Å². The molecule has 0 bridgehead atoms. The molecule has 3 nitrogen and oxygen atoms in total.